The van der Waals surface area contributed by atoms with Crippen LogP contribution in [-0.4, -0.2) is 28.1 Å². The fourth-order valence-corrected chi connectivity index (χ4v) is 5.20. The topological polar surface area (TPSA) is 67.2 Å². The molecule has 5 rings (SSSR count). The Bertz CT molecular complexity index is 1170. The van der Waals surface area contributed by atoms with Crippen LogP contribution in [0.4, 0.5) is 11.5 Å². The van der Waals surface area contributed by atoms with E-state index in [1.165, 1.54) is 5.56 Å². The van der Waals surface area contributed by atoms with Crippen molar-refractivity contribution in [3.05, 3.63) is 70.9 Å². The van der Waals surface area contributed by atoms with Gasteiger partial charge in [-0.3, -0.25) is 9.59 Å². The first kappa shape index (κ1) is 19.9. The molecule has 1 aromatic heterocycles. The van der Waals surface area contributed by atoms with E-state index in [2.05, 4.69) is 5.32 Å². The van der Waals surface area contributed by atoms with Gasteiger partial charge in [-0.05, 0) is 43.7 Å². The molecule has 1 unspecified atom stereocenters. The fraction of sp³-hybridized carbons (Fsp3) is 0.292. The zero-order valence-corrected chi connectivity index (χ0v) is 18.4. The molecular weight excluding hydrogens is 408 g/mol. The number of anilines is 2. The second-order valence-corrected chi connectivity index (χ2v) is 9.23. The molecule has 2 aromatic carbocycles. The number of nitrogens with one attached hydrogen (secondary N) is 1. The van der Waals surface area contributed by atoms with Gasteiger partial charge in [0, 0.05) is 35.7 Å². The molecule has 0 radical (unpaired) electrons. The minimum atomic E-state index is -0.390. The SMILES string of the molecule is Cc1ccc(-n2nc3c(c2NC(=O)C2CC(=O)N(c4cccc(C)c4)C2)CSC3)cc1. The lowest BCUT2D eigenvalue weighted by molar-refractivity contribution is -0.122. The van der Waals surface area contributed by atoms with Crippen LogP contribution in [0.2, 0.25) is 0 Å². The summed E-state index contributed by atoms with van der Waals surface area (Å²) in [5, 5.41) is 7.88. The monoisotopic (exact) mass is 432 g/mol. The normalized spacial score (nSPS) is 17.8. The molecule has 1 fully saturated rings. The van der Waals surface area contributed by atoms with E-state index in [0.29, 0.717) is 6.54 Å². The van der Waals surface area contributed by atoms with Gasteiger partial charge >= 0.3 is 0 Å². The Kier molecular flexibility index (Phi) is 5.06. The van der Waals surface area contributed by atoms with Crippen LogP contribution < -0.4 is 10.2 Å². The summed E-state index contributed by atoms with van der Waals surface area (Å²) in [7, 11) is 0. The number of amides is 2. The minimum Gasteiger partial charge on any atom is -0.312 e. The number of rotatable bonds is 4. The third-order valence-corrected chi connectivity index (χ3v) is 6.85. The number of hydrogen-bond donors (Lipinski definition) is 1. The van der Waals surface area contributed by atoms with Gasteiger partial charge in [-0.2, -0.15) is 16.9 Å². The third-order valence-electron chi connectivity index (χ3n) is 5.88. The van der Waals surface area contributed by atoms with E-state index in [1.54, 1.807) is 16.7 Å². The predicted octanol–water partition coefficient (Wildman–Crippen LogP) is 4.23. The highest BCUT2D eigenvalue weighted by Crippen LogP contribution is 2.37. The molecule has 2 amide bonds. The summed E-state index contributed by atoms with van der Waals surface area (Å²) < 4.78 is 1.83. The Morgan fingerprint density at radius 2 is 1.87 bits per heavy atom. The summed E-state index contributed by atoms with van der Waals surface area (Å²) >= 11 is 1.80. The maximum Gasteiger partial charge on any atom is 0.230 e. The van der Waals surface area contributed by atoms with Crippen molar-refractivity contribution in [2.45, 2.75) is 31.8 Å². The molecule has 2 aliphatic heterocycles. The number of carbonyl (C=O) groups is 2. The molecule has 0 spiro atoms. The quantitative estimate of drug-likeness (QED) is 0.670. The van der Waals surface area contributed by atoms with Crippen LogP contribution in [0.5, 0.6) is 0 Å². The molecular formula is C24H24N4O2S. The van der Waals surface area contributed by atoms with Gasteiger partial charge in [0.15, 0.2) is 0 Å². The van der Waals surface area contributed by atoms with Gasteiger partial charge in [-0.25, -0.2) is 4.68 Å². The van der Waals surface area contributed by atoms with E-state index < -0.39 is 0 Å². The summed E-state index contributed by atoms with van der Waals surface area (Å²) in [6.07, 6.45) is 0.218. The lowest BCUT2D eigenvalue weighted by atomic mass is 10.1. The van der Waals surface area contributed by atoms with Crippen molar-refractivity contribution in [1.82, 2.24) is 9.78 Å². The number of thioether (sulfide) groups is 1. The average Bonchev–Trinajstić information content (AvgIpc) is 3.44. The van der Waals surface area contributed by atoms with Crippen molar-refractivity contribution in [1.29, 1.82) is 0 Å². The zero-order valence-electron chi connectivity index (χ0n) is 17.6. The summed E-state index contributed by atoms with van der Waals surface area (Å²) in [4.78, 5) is 27.6. The van der Waals surface area contributed by atoms with Gasteiger partial charge in [0.2, 0.25) is 11.8 Å². The Labute approximate surface area is 185 Å². The lowest BCUT2D eigenvalue weighted by Gasteiger charge is -2.17. The van der Waals surface area contributed by atoms with Gasteiger partial charge in [-0.1, -0.05) is 29.8 Å². The molecule has 1 atom stereocenters. The average molecular weight is 433 g/mol. The first-order valence-electron chi connectivity index (χ1n) is 10.4. The molecule has 7 heteroatoms. The number of hydrogen-bond acceptors (Lipinski definition) is 4. The first-order chi connectivity index (χ1) is 15.0. The Balaban J connectivity index is 1.40. The largest absolute Gasteiger partial charge is 0.312 e. The maximum atomic E-state index is 13.2. The van der Waals surface area contributed by atoms with Crippen LogP contribution in [0.15, 0.2) is 48.5 Å². The van der Waals surface area contributed by atoms with E-state index in [-0.39, 0.29) is 24.2 Å². The van der Waals surface area contributed by atoms with Crippen LogP contribution in [0.1, 0.15) is 28.8 Å². The smallest absolute Gasteiger partial charge is 0.230 e. The predicted molar refractivity (Wildman–Crippen MR) is 124 cm³/mol. The zero-order chi connectivity index (χ0) is 21.5. The lowest BCUT2D eigenvalue weighted by Crippen LogP contribution is -2.29. The molecule has 6 nitrogen and oxygen atoms in total. The molecule has 0 saturated carbocycles. The second-order valence-electron chi connectivity index (χ2n) is 8.25. The summed E-state index contributed by atoms with van der Waals surface area (Å²) in [6.45, 7) is 4.44. The molecule has 3 heterocycles. The van der Waals surface area contributed by atoms with Crippen molar-refractivity contribution >= 4 is 35.1 Å². The fourth-order valence-electron chi connectivity index (χ4n) is 4.16. The summed E-state index contributed by atoms with van der Waals surface area (Å²) in [6, 6.07) is 15.9. The molecule has 1 saturated heterocycles. The van der Waals surface area contributed by atoms with Crippen molar-refractivity contribution in [2.75, 3.05) is 16.8 Å². The number of benzene rings is 2. The van der Waals surface area contributed by atoms with Gasteiger partial charge in [0.25, 0.3) is 0 Å². The van der Waals surface area contributed by atoms with Gasteiger partial charge < -0.3 is 10.2 Å². The van der Waals surface area contributed by atoms with Gasteiger partial charge in [-0.15, -0.1) is 0 Å². The van der Waals surface area contributed by atoms with Crippen LogP contribution in [0.3, 0.4) is 0 Å². The van der Waals surface area contributed by atoms with Crippen LogP contribution in [0.25, 0.3) is 5.69 Å². The molecule has 158 valence electrons. The highest BCUT2D eigenvalue weighted by atomic mass is 32.2. The van der Waals surface area contributed by atoms with E-state index in [4.69, 9.17) is 5.10 Å². The van der Waals surface area contributed by atoms with E-state index in [0.717, 1.165) is 45.5 Å². The van der Waals surface area contributed by atoms with Crippen LogP contribution in [-0.2, 0) is 21.1 Å². The molecule has 0 bridgehead atoms. The number of nitrogens with zero attached hydrogens (tertiary/aromatic N) is 3. The molecule has 1 N–H and O–H groups in total. The van der Waals surface area contributed by atoms with Gasteiger partial charge in [0.05, 0.1) is 17.3 Å². The summed E-state index contributed by atoms with van der Waals surface area (Å²) in [5.41, 5.74) is 6.13. The number of carbonyl (C=O) groups excluding carboxylic acids is 2. The Morgan fingerprint density at radius 1 is 1.06 bits per heavy atom. The van der Waals surface area contributed by atoms with Crippen molar-refractivity contribution < 1.29 is 9.59 Å². The number of aromatic nitrogens is 2. The maximum absolute atomic E-state index is 13.2. The Hall–Kier alpha value is -3.06. The highest BCUT2D eigenvalue weighted by molar-refractivity contribution is 7.98. The van der Waals surface area contributed by atoms with Crippen molar-refractivity contribution in [3.8, 4) is 5.69 Å². The number of fused-ring (bicyclic) bond motifs is 1. The van der Waals surface area contributed by atoms with E-state index in [1.807, 2.05) is 67.1 Å². The van der Waals surface area contributed by atoms with E-state index >= 15 is 0 Å². The number of aryl methyl sites for hydroxylation is 2. The minimum absolute atomic E-state index is 0.0152. The molecule has 2 aliphatic rings. The third kappa shape index (κ3) is 3.74. The standard InChI is InChI=1S/C24H24N4O2S/c1-15-6-8-18(9-7-15)28-23(20-13-31-14-21(20)26-28)25-24(30)17-11-22(29)27(12-17)19-5-3-4-16(2)10-19/h3-10,17H,11-14H2,1-2H3,(H,25,30). The summed E-state index contributed by atoms with van der Waals surface area (Å²) in [5.74, 6) is 1.88. The molecule has 31 heavy (non-hydrogen) atoms. The van der Waals surface area contributed by atoms with Crippen LogP contribution >= 0.6 is 11.8 Å². The van der Waals surface area contributed by atoms with Crippen LogP contribution in [0, 0.1) is 19.8 Å². The van der Waals surface area contributed by atoms with Crippen molar-refractivity contribution in [3.63, 3.8) is 0 Å². The molecule has 0 aliphatic carbocycles. The Morgan fingerprint density at radius 3 is 2.65 bits per heavy atom. The first-order valence-corrected chi connectivity index (χ1v) is 11.6. The van der Waals surface area contributed by atoms with E-state index in [9.17, 15) is 9.59 Å². The second kappa shape index (κ2) is 7.89. The van der Waals surface area contributed by atoms with Crippen molar-refractivity contribution in [2.24, 2.45) is 5.92 Å². The van der Waals surface area contributed by atoms with Gasteiger partial charge in [0.1, 0.15) is 5.82 Å². The highest BCUT2D eigenvalue weighted by Gasteiger charge is 2.36. The molecule has 3 aromatic rings.